The first kappa shape index (κ1) is 10.5. The van der Waals surface area contributed by atoms with Gasteiger partial charge in [-0.1, -0.05) is 18.2 Å². The first-order valence-corrected chi connectivity index (χ1v) is 5.13. The van der Waals surface area contributed by atoms with Crippen molar-refractivity contribution in [1.82, 2.24) is 4.98 Å². The normalized spacial score (nSPS) is 10.1. The summed E-state index contributed by atoms with van der Waals surface area (Å²) in [4.78, 5) is 4.26. The summed E-state index contributed by atoms with van der Waals surface area (Å²) < 4.78 is 5.68. The number of hydrogen-bond donors (Lipinski definition) is 1. The highest BCUT2D eigenvalue weighted by molar-refractivity contribution is 5.50. The van der Waals surface area contributed by atoms with Crippen LogP contribution in [-0.4, -0.2) is 4.98 Å². The third-order valence-corrected chi connectivity index (χ3v) is 2.33. The van der Waals surface area contributed by atoms with Gasteiger partial charge in [0.1, 0.15) is 5.75 Å². The highest BCUT2D eigenvalue weighted by Gasteiger charge is 2.05. The Morgan fingerprint density at radius 1 is 1.06 bits per heavy atom. The number of ether oxygens (including phenoxy) is 1. The molecule has 16 heavy (non-hydrogen) atoms. The lowest BCUT2D eigenvalue weighted by Crippen LogP contribution is -1.97. The van der Waals surface area contributed by atoms with Crippen molar-refractivity contribution in [2.45, 2.75) is 13.8 Å². The summed E-state index contributed by atoms with van der Waals surface area (Å²) in [5, 5.41) is 0. The number of nitrogen functional groups attached to an aromatic ring is 1. The summed E-state index contributed by atoms with van der Waals surface area (Å²) in [6.07, 6.45) is 0. The lowest BCUT2D eigenvalue weighted by molar-refractivity contribution is 0.461. The zero-order chi connectivity index (χ0) is 11.5. The Balaban J connectivity index is 2.34. The molecule has 1 aromatic heterocycles. The van der Waals surface area contributed by atoms with Gasteiger partial charge >= 0.3 is 0 Å². The highest BCUT2D eigenvalue weighted by atomic mass is 16.5. The van der Waals surface area contributed by atoms with E-state index < -0.39 is 0 Å². The molecule has 1 heterocycles. The Morgan fingerprint density at radius 2 is 1.81 bits per heavy atom. The standard InChI is InChI=1S/C13H14N2O/c1-9-5-3-4-6-12(9)16-13-11(14)8-7-10(2)15-13/h3-8H,14H2,1-2H3. The third kappa shape index (κ3) is 2.14. The van der Waals surface area contributed by atoms with Crippen LogP contribution in [0.25, 0.3) is 0 Å². The van der Waals surface area contributed by atoms with Crippen LogP contribution < -0.4 is 10.5 Å². The maximum atomic E-state index is 5.80. The molecule has 0 aliphatic rings. The van der Waals surface area contributed by atoms with Crippen LogP contribution in [-0.2, 0) is 0 Å². The van der Waals surface area contributed by atoms with Gasteiger partial charge in [0.05, 0.1) is 5.69 Å². The zero-order valence-electron chi connectivity index (χ0n) is 9.40. The summed E-state index contributed by atoms with van der Waals surface area (Å²) >= 11 is 0. The molecule has 0 saturated carbocycles. The van der Waals surface area contributed by atoms with Crippen molar-refractivity contribution in [3.05, 3.63) is 47.7 Å². The third-order valence-electron chi connectivity index (χ3n) is 2.33. The first-order valence-electron chi connectivity index (χ1n) is 5.13. The number of nitrogens with two attached hydrogens (primary N) is 1. The molecule has 0 aliphatic heterocycles. The Hall–Kier alpha value is -2.03. The largest absolute Gasteiger partial charge is 0.437 e. The van der Waals surface area contributed by atoms with Gasteiger partial charge in [-0.25, -0.2) is 4.98 Å². The van der Waals surface area contributed by atoms with Crippen molar-refractivity contribution >= 4 is 5.69 Å². The molecule has 0 fully saturated rings. The SMILES string of the molecule is Cc1ccc(N)c(Oc2ccccc2C)n1. The van der Waals surface area contributed by atoms with E-state index in [2.05, 4.69) is 4.98 Å². The number of hydrogen-bond acceptors (Lipinski definition) is 3. The molecule has 82 valence electrons. The summed E-state index contributed by atoms with van der Waals surface area (Å²) in [7, 11) is 0. The van der Waals surface area contributed by atoms with Crippen molar-refractivity contribution in [3.63, 3.8) is 0 Å². The second kappa shape index (κ2) is 4.23. The van der Waals surface area contributed by atoms with Gasteiger partial charge in [-0.15, -0.1) is 0 Å². The van der Waals surface area contributed by atoms with Crippen molar-refractivity contribution in [2.24, 2.45) is 0 Å². The van der Waals surface area contributed by atoms with Gasteiger partial charge in [-0.05, 0) is 37.6 Å². The molecular formula is C13H14N2O. The van der Waals surface area contributed by atoms with Crippen LogP contribution in [0.3, 0.4) is 0 Å². The number of rotatable bonds is 2. The highest BCUT2D eigenvalue weighted by Crippen LogP contribution is 2.27. The number of para-hydroxylation sites is 1. The molecule has 3 heteroatoms. The van der Waals surface area contributed by atoms with Crippen LogP contribution in [0.1, 0.15) is 11.3 Å². The average molecular weight is 214 g/mol. The number of pyridine rings is 1. The Morgan fingerprint density at radius 3 is 2.56 bits per heavy atom. The van der Waals surface area contributed by atoms with Crippen LogP contribution in [0.15, 0.2) is 36.4 Å². The number of anilines is 1. The molecule has 1 aromatic carbocycles. The van der Waals surface area contributed by atoms with Gasteiger partial charge in [0.2, 0.25) is 5.88 Å². The molecule has 0 bridgehead atoms. The van der Waals surface area contributed by atoms with Crippen molar-refractivity contribution in [2.75, 3.05) is 5.73 Å². The smallest absolute Gasteiger partial charge is 0.242 e. The molecule has 2 N–H and O–H groups in total. The lowest BCUT2D eigenvalue weighted by atomic mass is 10.2. The molecule has 0 amide bonds. The molecule has 0 unspecified atom stereocenters. The molecule has 0 aliphatic carbocycles. The maximum absolute atomic E-state index is 5.80. The molecule has 0 radical (unpaired) electrons. The summed E-state index contributed by atoms with van der Waals surface area (Å²) in [6, 6.07) is 11.4. The predicted molar refractivity (Wildman–Crippen MR) is 64.6 cm³/mol. The number of benzene rings is 1. The van der Waals surface area contributed by atoms with E-state index in [0.29, 0.717) is 11.6 Å². The van der Waals surface area contributed by atoms with Crippen molar-refractivity contribution in [1.29, 1.82) is 0 Å². The van der Waals surface area contributed by atoms with E-state index >= 15 is 0 Å². The van der Waals surface area contributed by atoms with Crippen LogP contribution in [0.5, 0.6) is 11.6 Å². The second-order valence-corrected chi connectivity index (χ2v) is 3.71. The Bertz CT molecular complexity index is 509. The van der Waals surface area contributed by atoms with E-state index in [1.54, 1.807) is 6.07 Å². The van der Waals surface area contributed by atoms with E-state index in [4.69, 9.17) is 10.5 Å². The van der Waals surface area contributed by atoms with Crippen LogP contribution in [0.4, 0.5) is 5.69 Å². The van der Waals surface area contributed by atoms with E-state index in [9.17, 15) is 0 Å². The molecule has 2 rings (SSSR count). The molecule has 2 aromatic rings. The van der Waals surface area contributed by atoms with E-state index in [1.807, 2.05) is 44.2 Å². The van der Waals surface area contributed by atoms with Gasteiger partial charge in [0, 0.05) is 5.69 Å². The molecule has 0 spiro atoms. The van der Waals surface area contributed by atoms with Crippen LogP contribution >= 0.6 is 0 Å². The maximum Gasteiger partial charge on any atom is 0.242 e. The summed E-state index contributed by atoms with van der Waals surface area (Å²) in [6.45, 7) is 3.89. The topological polar surface area (TPSA) is 48.1 Å². The summed E-state index contributed by atoms with van der Waals surface area (Å²) in [5.74, 6) is 1.25. The Kier molecular flexibility index (Phi) is 2.77. The molecular weight excluding hydrogens is 200 g/mol. The monoisotopic (exact) mass is 214 g/mol. The van der Waals surface area contributed by atoms with E-state index in [0.717, 1.165) is 17.0 Å². The van der Waals surface area contributed by atoms with Gasteiger partial charge in [0.15, 0.2) is 0 Å². The fraction of sp³-hybridized carbons (Fsp3) is 0.154. The quantitative estimate of drug-likeness (QED) is 0.835. The minimum absolute atomic E-state index is 0.467. The fourth-order valence-corrected chi connectivity index (χ4v) is 1.40. The second-order valence-electron chi connectivity index (χ2n) is 3.71. The molecule has 0 saturated heterocycles. The molecule has 3 nitrogen and oxygen atoms in total. The van der Waals surface area contributed by atoms with E-state index in [-0.39, 0.29) is 0 Å². The van der Waals surface area contributed by atoms with Gasteiger partial charge in [-0.2, -0.15) is 0 Å². The zero-order valence-corrected chi connectivity index (χ0v) is 9.40. The van der Waals surface area contributed by atoms with Crippen molar-refractivity contribution < 1.29 is 4.74 Å². The first-order chi connectivity index (χ1) is 7.66. The summed E-state index contributed by atoms with van der Waals surface area (Å²) in [5.41, 5.74) is 8.30. The van der Waals surface area contributed by atoms with E-state index in [1.165, 1.54) is 0 Å². The minimum Gasteiger partial charge on any atom is -0.437 e. The number of aromatic nitrogens is 1. The van der Waals surface area contributed by atoms with Gasteiger partial charge in [-0.3, -0.25) is 0 Å². The minimum atomic E-state index is 0.467. The number of aryl methyl sites for hydroxylation is 2. The predicted octanol–water partition coefficient (Wildman–Crippen LogP) is 3.07. The average Bonchev–Trinajstić information content (AvgIpc) is 2.27. The van der Waals surface area contributed by atoms with Crippen LogP contribution in [0.2, 0.25) is 0 Å². The fourth-order valence-electron chi connectivity index (χ4n) is 1.40. The van der Waals surface area contributed by atoms with Crippen LogP contribution in [0, 0.1) is 13.8 Å². The van der Waals surface area contributed by atoms with Crippen molar-refractivity contribution in [3.8, 4) is 11.6 Å². The molecule has 0 atom stereocenters. The lowest BCUT2D eigenvalue weighted by Gasteiger charge is -2.09. The Labute approximate surface area is 94.9 Å². The van der Waals surface area contributed by atoms with Gasteiger partial charge in [0.25, 0.3) is 0 Å². The van der Waals surface area contributed by atoms with Gasteiger partial charge < -0.3 is 10.5 Å². The number of nitrogens with zero attached hydrogens (tertiary/aromatic N) is 1.